The largest absolute Gasteiger partial charge is 0.486 e. The van der Waals surface area contributed by atoms with Crippen LogP contribution in [0.25, 0.3) is 10.8 Å². The molecular formula is C21H21N3O3. The lowest BCUT2D eigenvalue weighted by Crippen LogP contribution is -2.45. The predicted molar refractivity (Wildman–Crippen MR) is 104 cm³/mol. The highest BCUT2D eigenvalue weighted by molar-refractivity contribution is 6.01. The minimum absolute atomic E-state index is 0.163. The summed E-state index contributed by atoms with van der Waals surface area (Å²) in [7, 11) is 0. The van der Waals surface area contributed by atoms with E-state index in [9.17, 15) is 4.79 Å². The second-order valence-electron chi connectivity index (χ2n) is 6.37. The number of carbonyl (C=O) groups is 1. The van der Waals surface area contributed by atoms with E-state index in [4.69, 9.17) is 9.47 Å². The summed E-state index contributed by atoms with van der Waals surface area (Å²) in [6, 6.07) is 15.1. The highest BCUT2D eigenvalue weighted by Crippen LogP contribution is 2.31. The SMILES string of the molecule is CCN(CC1COc2ccccc2O1)C(=O)Nc1cccc2cnccc12. The van der Waals surface area contributed by atoms with Crippen molar-refractivity contribution in [3.05, 3.63) is 60.9 Å². The summed E-state index contributed by atoms with van der Waals surface area (Å²) < 4.78 is 11.7. The molecular weight excluding hydrogens is 342 g/mol. The third-order valence-corrected chi connectivity index (χ3v) is 4.58. The van der Waals surface area contributed by atoms with Crippen molar-refractivity contribution < 1.29 is 14.3 Å². The molecule has 0 aliphatic carbocycles. The predicted octanol–water partition coefficient (Wildman–Crippen LogP) is 3.93. The molecule has 0 fully saturated rings. The van der Waals surface area contributed by atoms with Gasteiger partial charge in [-0.2, -0.15) is 0 Å². The number of rotatable bonds is 4. The van der Waals surface area contributed by atoms with E-state index in [0.717, 1.165) is 22.2 Å². The van der Waals surface area contributed by atoms with E-state index in [0.29, 0.717) is 25.4 Å². The van der Waals surface area contributed by atoms with Gasteiger partial charge in [0.2, 0.25) is 0 Å². The van der Waals surface area contributed by atoms with E-state index < -0.39 is 0 Å². The number of urea groups is 1. The van der Waals surface area contributed by atoms with Crippen LogP contribution in [0.2, 0.25) is 0 Å². The molecule has 27 heavy (non-hydrogen) atoms. The van der Waals surface area contributed by atoms with E-state index in [1.54, 1.807) is 17.3 Å². The third-order valence-electron chi connectivity index (χ3n) is 4.58. The number of hydrogen-bond acceptors (Lipinski definition) is 4. The molecule has 0 saturated heterocycles. The molecule has 1 atom stereocenters. The van der Waals surface area contributed by atoms with E-state index >= 15 is 0 Å². The van der Waals surface area contributed by atoms with Gasteiger partial charge in [0.15, 0.2) is 17.6 Å². The number of ether oxygens (including phenoxy) is 2. The Kier molecular flexibility index (Phi) is 4.78. The average molecular weight is 363 g/mol. The molecule has 0 saturated carbocycles. The standard InChI is InChI=1S/C21H21N3O3/c1-2-24(13-16-14-26-19-8-3-4-9-20(19)27-16)21(25)23-18-7-5-6-15-12-22-11-10-17(15)18/h3-12,16H,2,13-14H2,1H3,(H,23,25). The Balaban J connectivity index is 1.46. The summed E-state index contributed by atoms with van der Waals surface area (Å²) in [5, 5.41) is 4.95. The van der Waals surface area contributed by atoms with Crippen molar-refractivity contribution in [1.29, 1.82) is 0 Å². The van der Waals surface area contributed by atoms with E-state index in [1.807, 2.05) is 55.5 Å². The first-order chi connectivity index (χ1) is 13.2. The van der Waals surface area contributed by atoms with Gasteiger partial charge in [-0.25, -0.2) is 4.79 Å². The molecule has 1 aliphatic heterocycles. The van der Waals surface area contributed by atoms with E-state index in [2.05, 4.69) is 10.3 Å². The second kappa shape index (κ2) is 7.53. The Morgan fingerprint density at radius 1 is 1.19 bits per heavy atom. The van der Waals surface area contributed by atoms with Crippen LogP contribution in [0.4, 0.5) is 10.5 Å². The van der Waals surface area contributed by atoms with Crippen LogP contribution >= 0.6 is 0 Å². The van der Waals surface area contributed by atoms with Gasteiger partial charge < -0.3 is 19.7 Å². The molecule has 0 bridgehead atoms. The normalized spacial score (nSPS) is 15.4. The first-order valence-corrected chi connectivity index (χ1v) is 9.01. The van der Waals surface area contributed by atoms with Gasteiger partial charge in [-0.1, -0.05) is 24.3 Å². The van der Waals surface area contributed by atoms with E-state index in [-0.39, 0.29) is 12.1 Å². The number of anilines is 1. The van der Waals surface area contributed by atoms with Gasteiger partial charge in [-0.3, -0.25) is 4.98 Å². The number of hydrogen-bond donors (Lipinski definition) is 1. The molecule has 1 aromatic heterocycles. The van der Waals surface area contributed by atoms with Crippen LogP contribution in [-0.4, -0.2) is 41.7 Å². The molecule has 1 N–H and O–H groups in total. The van der Waals surface area contributed by atoms with Crippen LogP contribution < -0.4 is 14.8 Å². The lowest BCUT2D eigenvalue weighted by atomic mass is 10.1. The van der Waals surface area contributed by atoms with Crippen LogP contribution in [0.1, 0.15) is 6.92 Å². The monoisotopic (exact) mass is 363 g/mol. The number of para-hydroxylation sites is 2. The number of aromatic nitrogens is 1. The zero-order valence-electron chi connectivity index (χ0n) is 15.1. The molecule has 1 unspecified atom stereocenters. The first-order valence-electron chi connectivity index (χ1n) is 9.01. The van der Waals surface area contributed by atoms with Crippen molar-refractivity contribution in [3.63, 3.8) is 0 Å². The quantitative estimate of drug-likeness (QED) is 0.763. The number of nitrogens with one attached hydrogen (secondary N) is 1. The zero-order chi connectivity index (χ0) is 18.6. The average Bonchev–Trinajstić information content (AvgIpc) is 2.72. The van der Waals surface area contributed by atoms with E-state index in [1.165, 1.54) is 0 Å². The molecule has 2 amide bonds. The van der Waals surface area contributed by atoms with Crippen molar-refractivity contribution in [2.24, 2.45) is 0 Å². The second-order valence-corrected chi connectivity index (χ2v) is 6.37. The molecule has 2 heterocycles. The van der Waals surface area contributed by atoms with Crippen molar-refractivity contribution in [2.75, 3.05) is 25.0 Å². The van der Waals surface area contributed by atoms with Crippen LogP contribution in [0.15, 0.2) is 60.9 Å². The number of carbonyl (C=O) groups excluding carboxylic acids is 1. The molecule has 0 radical (unpaired) electrons. The first kappa shape index (κ1) is 17.1. The van der Waals surface area contributed by atoms with Gasteiger partial charge in [0, 0.05) is 29.7 Å². The summed E-state index contributed by atoms with van der Waals surface area (Å²) >= 11 is 0. The van der Waals surface area contributed by atoms with Crippen LogP contribution in [0, 0.1) is 0 Å². The zero-order valence-corrected chi connectivity index (χ0v) is 15.1. The van der Waals surface area contributed by atoms with Crippen LogP contribution in [0.5, 0.6) is 11.5 Å². The molecule has 6 nitrogen and oxygen atoms in total. The highest BCUT2D eigenvalue weighted by Gasteiger charge is 2.25. The van der Waals surface area contributed by atoms with Crippen molar-refractivity contribution >= 4 is 22.5 Å². The number of fused-ring (bicyclic) bond motifs is 2. The number of benzene rings is 2. The molecule has 1 aliphatic rings. The Hall–Kier alpha value is -3.28. The summed E-state index contributed by atoms with van der Waals surface area (Å²) in [5.41, 5.74) is 0.768. The topological polar surface area (TPSA) is 63.7 Å². The fourth-order valence-corrected chi connectivity index (χ4v) is 3.18. The summed E-state index contributed by atoms with van der Waals surface area (Å²) in [5.74, 6) is 1.46. The number of pyridine rings is 1. The van der Waals surface area contributed by atoms with Gasteiger partial charge >= 0.3 is 6.03 Å². The number of amides is 2. The third kappa shape index (κ3) is 3.65. The van der Waals surface area contributed by atoms with Crippen molar-refractivity contribution in [2.45, 2.75) is 13.0 Å². The molecule has 4 rings (SSSR count). The minimum Gasteiger partial charge on any atom is -0.486 e. The Morgan fingerprint density at radius 3 is 2.89 bits per heavy atom. The maximum atomic E-state index is 12.8. The molecule has 2 aromatic carbocycles. The Morgan fingerprint density at radius 2 is 2.04 bits per heavy atom. The molecule has 6 heteroatoms. The highest BCUT2D eigenvalue weighted by atomic mass is 16.6. The summed E-state index contributed by atoms with van der Waals surface area (Å²) in [6.07, 6.45) is 3.30. The fraction of sp³-hybridized carbons (Fsp3) is 0.238. The van der Waals surface area contributed by atoms with Gasteiger partial charge in [0.1, 0.15) is 6.61 Å². The maximum Gasteiger partial charge on any atom is 0.321 e. The van der Waals surface area contributed by atoms with Crippen LogP contribution in [-0.2, 0) is 0 Å². The number of nitrogens with zero attached hydrogens (tertiary/aromatic N) is 2. The summed E-state index contributed by atoms with van der Waals surface area (Å²) in [4.78, 5) is 18.7. The van der Waals surface area contributed by atoms with Gasteiger partial charge in [0.05, 0.1) is 12.2 Å². The van der Waals surface area contributed by atoms with Crippen LogP contribution in [0.3, 0.4) is 0 Å². The Bertz CT molecular complexity index is 955. The number of likely N-dealkylation sites (N-methyl/N-ethyl adjacent to an activating group) is 1. The fourth-order valence-electron chi connectivity index (χ4n) is 3.18. The van der Waals surface area contributed by atoms with Crippen molar-refractivity contribution in [1.82, 2.24) is 9.88 Å². The molecule has 138 valence electrons. The van der Waals surface area contributed by atoms with Gasteiger partial charge in [-0.05, 0) is 31.2 Å². The molecule has 3 aromatic rings. The lowest BCUT2D eigenvalue weighted by molar-refractivity contribution is 0.0693. The maximum absolute atomic E-state index is 12.8. The molecule has 0 spiro atoms. The minimum atomic E-state index is -0.206. The Labute approximate surface area is 157 Å². The van der Waals surface area contributed by atoms with Gasteiger partial charge in [-0.15, -0.1) is 0 Å². The van der Waals surface area contributed by atoms with Gasteiger partial charge in [0.25, 0.3) is 0 Å². The smallest absolute Gasteiger partial charge is 0.321 e. The van der Waals surface area contributed by atoms with Crippen molar-refractivity contribution in [3.8, 4) is 11.5 Å². The summed E-state index contributed by atoms with van der Waals surface area (Å²) in [6.45, 7) is 3.38. The lowest BCUT2D eigenvalue weighted by Gasteiger charge is -2.31.